The maximum atomic E-state index is 14.5. The summed E-state index contributed by atoms with van der Waals surface area (Å²) in [6.45, 7) is 6.68. The van der Waals surface area contributed by atoms with Crippen LogP contribution in [0.4, 0.5) is 5.69 Å². The summed E-state index contributed by atoms with van der Waals surface area (Å²) in [4.78, 5) is 44.2. The van der Waals surface area contributed by atoms with Gasteiger partial charge in [0, 0.05) is 30.6 Å². The molecule has 0 saturated carbocycles. The lowest BCUT2D eigenvalue weighted by atomic mass is 9.66. The quantitative estimate of drug-likeness (QED) is 0.362. The molecule has 37 heavy (non-hydrogen) atoms. The normalized spacial score (nSPS) is 30.1. The minimum Gasteiger partial charge on any atom is -0.481 e. The number of aliphatic hydroxyl groups excluding tert-OH is 1. The highest BCUT2D eigenvalue weighted by Crippen LogP contribution is 2.68. The summed E-state index contributed by atoms with van der Waals surface area (Å²) >= 11 is 1.56. The van der Waals surface area contributed by atoms with Gasteiger partial charge in [0.25, 0.3) is 5.91 Å². The number of carboxylic acid groups (broad SMARTS) is 1. The third-order valence-electron chi connectivity index (χ3n) is 8.44. The van der Waals surface area contributed by atoms with Crippen molar-refractivity contribution in [1.82, 2.24) is 4.90 Å². The molecule has 8 heteroatoms. The summed E-state index contributed by atoms with van der Waals surface area (Å²) in [6, 6.07) is 13.1. The fraction of sp³-hybridized carbons (Fsp3) is 0.483. The number of aliphatic carboxylic acids is 1. The van der Waals surface area contributed by atoms with E-state index in [9.17, 15) is 24.6 Å². The van der Waals surface area contributed by atoms with Gasteiger partial charge in [-0.15, -0.1) is 18.3 Å². The molecule has 196 valence electrons. The Morgan fingerprint density at radius 3 is 2.65 bits per heavy atom. The largest absolute Gasteiger partial charge is 0.481 e. The molecule has 2 N–H and O–H groups in total. The van der Waals surface area contributed by atoms with Gasteiger partial charge in [-0.3, -0.25) is 14.4 Å². The first kappa shape index (κ1) is 25.8. The van der Waals surface area contributed by atoms with Crippen LogP contribution in [0.3, 0.4) is 0 Å². The fourth-order valence-electron chi connectivity index (χ4n) is 6.84. The summed E-state index contributed by atoms with van der Waals surface area (Å²) in [5.41, 5.74) is 0.733. The average Bonchev–Trinajstić information content (AvgIpc) is 3.48. The standard InChI is InChI=1S/C29H34N2O5S/c1-3-13-30(21-12-11-19-9-5-6-10-20(19)17-21)27(34)25-29-18(2)16-22(37-29)23(28(35)36)24(29)26(33)31(25)14-7-4-8-15-32/h3,5-6,9-12,17-18,22-25,32H,1,4,7-8,13-16H2,2H3,(H,35,36)/t18?,22-,23+,24+,25?,29?/m1/s1. The van der Waals surface area contributed by atoms with Gasteiger partial charge in [0.05, 0.1) is 16.6 Å². The number of thioether (sulfide) groups is 1. The van der Waals surface area contributed by atoms with Crippen molar-refractivity contribution in [3.05, 3.63) is 55.1 Å². The van der Waals surface area contributed by atoms with Crippen LogP contribution in [0.1, 0.15) is 32.6 Å². The van der Waals surface area contributed by atoms with E-state index in [1.54, 1.807) is 27.6 Å². The van der Waals surface area contributed by atoms with Crippen molar-refractivity contribution in [2.45, 2.75) is 48.6 Å². The molecular formula is C29H34N2O5S. The van der Waals surface area contributed by atoms with Crippen LogP contribution >= 0.6 is 11.8 Å². The third kappa shape index (κ3) is 4.05. The van der Waals surface area contributed by atoms with E-state index >= 15 is 0 Å². The van der Waals surface area contributed by atoms with Gasteiger partial charge in [-0.25, -0.2) is 0 Å². The first-order chi connectivity index (χ1) is 17.8. The molecule has 0 aliphatic carbocycles. The Balaban J connectivity index is 1.57. The topological polar surface area (TPSA) is 98.2 Å². The maximum absolute atomic E-state index is 14.5. The number of fused-ring (bicyclic) bond motifs is 2. The smallest absolute Gasteiger partial charge is 0.308 e. The van der Waals surface area contributed by atoms with Crippen molar-refractivity contribution < 1.29 is 24.6 Å². The second kappa shape index (κ2) is 10.1. The highest BCUT2D eigenvalue weighted by atomic mass is 32.2. The van der Waals surface area contributed by atoms with Crippen molar-refractivity contribution in [2.75, 3.05) is 24.6 Å². The average molecular weight is 523 g/mol. The molecule has 3 heterocycles. The zero-order valence-electron chi connectivity index (χ0n) is 21.1. The molecular weight excluding hydrogens is 488 g/mol. The van der Waals surface area contributed by atoms with Crippen molar-refractivity contribution in [3.63, 3.8) is 0 Å². The SMILES string of the molecule is C=CCN(C(=O)C1N(CCCCCO)C(=O)[C@@H]2[C@@H](C(=O)O)[C@H]3CC(C)C12S3)c1ccc2ccccc2c1. The highest BCUT2D eigenvalue weighted by molar-refractivity contribution is 8.02. The fourth-order valence-corrected chi connectivity index (χ4v) is 9.25. The van der Waals surface area contributed by atoms with Gasteiger partial charge >= 0.3 is 5.97 Å². The first-order valence-electron chi connectivity index (χ1n) is 13.1. The van der Waals surface area contributed by atoms with E-state index < -0.39 is 28.6 Å². The molecule has 3 fully saturated rings. The number of carboxylic acids is 1. The summed E-state index contributed by atoms with van der Waals surface area (Å²) in [7, 11) is 0. The minimum absolute atomic E-state index is 0.0330. The van der Waals surface area contributed by atoms with Gasteiger partial charge in [-0.05, 0) is 54.5 Å². The van der Waals surface area contributed by atoms with Crippen molar-refractivity contribution in [1.29, 1.82) is 0 Å². The van der Waals surface area contributed by atoms with Crippen molar-refractivity contribution >= 4 is 46.0 Å². The van der Waals surface area contributed by atoms with Gasteiger partial charge in [0.2, 0.25) is 5.91 Å². The zero-order valence-corrected chi connectivity index (χ0v) is 21.9. The Morgan fingerprint density at radius 2 is 1.95 bits per heavy atom. The van der Waals surface area contributed by atoms with Crippen molar-refractivity contribution in [2.24, 2.45) is 17.8 Å². The van der Waals surface area contributed by atoms with Crippen LogP contribution in [0.25, 0.3) is 10.8 Å². The van der Waals surface area contributed by atoms with Gasteiger partial charge in [0.15, 0.2) is 0 Å². The number of hydrogen-bond donors (Lipinski definition) is 2. The van der Waals surface area contributed by atoms with Crippen LogP contribution in [-0.2, 0) is 14.4 Å². The van der Waals surface area contributed by atoms with Gasteiger partial charge in [-0.1, -0.05) is 43.3 Å². The number of nitrogens with zero attached hydrogens (tertiary/aromatic N) is 2. The molecule has 0 radical (unpaired) electrons. The first-order valence-corrected chi connectivity index (χ1v) is 14.0. The Hall–Kier alpha value is -2.84. The van der Waals surface area contributed by atoms with E-state index in [0.717, 1.165) is 22.9 Å². The van der Waals surface area contributed by atoms with E-state index in [-0.39, 0.29) is 36.1 Å². The van der Waals surface area contributed by atoms with Crippen LogP contribution < -0.4 is 4.90 Å². The third-order valence-corrected chi connectivity index (χ3v) is 10.5. The van der Waals surface area contributed by atoms with Gasteiger partial charge in [-0.2, -0.15) is 0 Å². The van der Waals surface area contributed by atoms with E-state index in [2.05, 4.69) is 13.5 Å². The maximum Gasteiger partial charge on any atom is 0.308 e. The lowest BCUT2D eigenvalue weighted by Gasteiger charge is -2.40. The number of rotatable bonds is 10. The number of carbonyl (C=O) groups is 3. The molecule has 0 aromatic heterocycles. The van der Waals surface area contributed by atoms with Crippen LogP contribution in [-0.4, -0.2) is 68.6 Å². The van der Waals surface area contributed by atoms with Crippen LogP contribution in [0, 0.1) is 17.8 Å². The molecule has 2 aromatic rings. The molecule has 2 amide bonds. The number of aliphatic hydroxyl groups is 1. The monoisotopic (exact) mass is 522 g/mol. The number of carbonyl (C=O) groups excluding carboxylic acids is 2. The van der Waals surface area contributed by atoms with E-state index in [0.29, 0.717) is 25.8 Å². The molecule has 2 bridgehead atoms. The van der Waals surface area contributed by atoms with Crippen molar-refractivity contribution in [3.8, 4) is 0 Å². The second-order valence-corrected chi connectivity index (χ2v) is 12.0. The summed E-state index contributed by atoms with van der Waals surface area (Å²) in [6.07, 6.45) is 4.38. The number of anilines is 1. The molecule has 6 atom stereocenters. The lowest BCUT2D eigenvalue weighted by molar-refractivity contribution is -0.149. The summed E-state index contributed by atoms with van der Waals surface area (Å²) < 4.78 is -0.769. The Labute approximate surface area is 221 Å². The Morgan fingerprint density at radius 1 is 1.19 bits per heavy atom. The molecule has 3 aliphatic rings. The summed E-state index contributed by atoms with van der Waals surface area (Å²) in [5.74, 6) is -2.80. The molecule has 5 rings (SSSR count). The van der Waals surface area contributed by atoms with Crippen LogP contribution in [0.15, 0.2) is 55.1 Å². The minimum atomic E-state index is -0.949. The van der Waals surface area contributed by atoms with Gasteiger partial charge < -0.3 is 20.0 Å². The van der Waals surface area contributed by atoms with Gasteiger partial charge in [0.1, 0.15) is 6.04 Å². The highest BCUT2D eigenvalue weighted by Gasteiger charge is 2.76. The second-order valence-electron chi connectivity index (χ2n) is 10.5. The number of likely N-dealkylation sites (tertiary alicyclic amines) is 1. The predicted molar refractivity (Wildman–Crippen MR) is 145 cm³/mol. The summed E-state index contributed by atoms with van der Waals surface area (Å²) in [5, 5.41) is 21.2. The number of unbranched alkanes of at least 4 members (excludes halogenated alkanes) is 2. The molecule has 1 spiro atoms. The van der Waals surface area contributed by atoms with Crippen LogP contribution in [0.2, 0.25) is 0 Å². The predicted octanol–water partition coefficient (Wildman–Crippen LogP) is 3.94. The lowest BCUT2D eigenvalue weighted by Crippen LogP contribution is -2.57. The Bertz CT molecular complexity index is 1230. The van der Waals surface area contributed by atoms with E-state index in [1.165, 1.54) is 0 Å². The number of hydrogen-bond acceptors (Lipinski definition) is 5. The number of amides is 2. The Kier molecular flexibility index (Phi) is 7.07. The molecule has 3 unspecified atom stereocenters. The van der Waals surface area contributed by atoms with E-state index in [4.69, 9.17) is 0 Å². The molecule has 3 saturated heterocycles. The molecule has 3 aliphatic heterocycles. The molecule has 2 aromatic carbocycles. The van der Waals surface area contributed by atoms with Crippen LogP contribution in [0.5, 0.6) is 0 Å². The molecule has 7 nitrogen and oxygen atoms in total. The number of benzene rings is 2. The van der Waals surface area contributed by atoms with E-state index in [1.807, 2.05) is 42.5 Å². The zero-order chi connectivity index (χ0) is 26.3.